The minimum absolute atomic E-state index is 0.159. The van der Waals surface area contributed by atoms with Crippen molar-refractivity contribution < 1.29 is 17.5 Å². The molecule has 0 bridgehead atoms. The summed E-state index contributed by atoms with van der Waals surface area (Å²) in [6.07, 6.45) is 0.609. The zero-order valence-corrected chi connectivity index (χ0v) is 12.5. The van der Waals surface area contributed by atoms with Crippen LogP contribution < -0.4 is 5.73 Å². The molecule has 1 atom stereocenters. The van der Waals surface area contributed by atoms with Crippen LogP contribution in [0.4, 0.5) is 4.39 Å². The van der Waals surface area contributed by atoms with Crippen molar-refractivity contribution in [3.8, 4) is 11.8 Å². The lowest BCUT2D eigenvalue weighted by Crippen LogP contribution is -2.37. The van der Waals surface area contributed by atoms with E-state index < -0.39 is 15.8 Å². The molecule has 0 aromatic heterocycles. The van der Waals surface area contributed by atoms with E-state index in [9.17, 15) is 12.8 Å². The molecule has 5 nitrogen and oxygen atoms in total. The van der Waals surface area contributed by atoms with Crippen LogP contribution in [0.5, 0.6) is 0 Å². The number of nitrogens with two attached hydrogens (primary N) is 1. The predicted molar refractivity (Wildman–Crippen MR) is 76.5 cm³/mol. The second-order valence-electron chi connectivity index (χ2n) is 4.69. The Morgan fingerprint density at radius 1 is 1.52 bits per heavy atom. The molecule has 1 unspecified atom stereocenters. The Hall–Kier alpha value is -1.46. The van der Waals surface area contributed by atoms with Gasteiger partial charge in [0.05, 0.1) is 19.2 Å². The van der Waals surface area contributed by atoms with Gasteiger partial charge in [0.1, 0.15) is 10.7 Å². The van der Waals surface area contributed by atoms with Gasteiger partial charge < -0.3 is 10.5 Å². The lowest BCUT2D eigenvalue weighted by atomic mass is 10.2. The topological polar surface area (TPSA) is 72.6 Å². The van der Waals surface area contributed by atoms with Gasteiger partial charge in [-0.1, -0.05) is 11.8 Å². The Morgan fingerprint density at radius 3 is 2.86 bits per heavy atom. The molecule has 1 saturated heterocycles. The van der Waals surface area contributed by atoms with Crippen LogP contribution in [-0.2, 0) is 14.8 Å². The van der Waals surface area contributed by atoms with Gasteiger partial charge in [0, 0.05) is 19.2 Å². The number of benzene rings is 1. The van der Waals surface area contributed by atoms with Gasteiger partial charge in [-0.2, -0.15) is 4.31 Å². The van der Waals surface area contributed by atoms with E-state index in [0.29, 0.717) is 25.2 Å². The highest BCUT2D eigenvalue weighted by molar-refractivity contribution is 7.89. The van der Waals surface area contributed by atoms with Crippen LogP contribution in [0.2, 0.25) is 0 Å². The molecule has 1 heterocycles. The van der Waals surface area contributed by atoms with Gasteiger partial charge in [0.15, 0.2) is 0 Å². The highest BCUT2D eigenvalue weighted by Crippen LogP contribution is 2.23. The summed E-state index contributed by atoms with van der Waals surface area (Å²) in [6, 6.07) is 3.55. The third-order valence-corrected chi connectivity index (χ3v) is 5.29. The number of rotatable bonds is 3. The SMILES string of the molecule is CN(C1CCOC1)S(=O)(=O)c1ccc(C#CCN)cc1F. The summed E-state index contributed by atoms with van der Waals surface area (Å²) in [6.45, 7) is 1.00. The maximum atomic E-state index is 14.1. The number of halogens is 1. The average molecular weight is 312 g/mol. The van der Waals surface area contributed by atoms with Crippen LogP contribution in [0.25, 0.3) is 0 Å². The Bertz CT molecular complexity index is 673. The molecular weight excluding hydrogens is 295 g/mol. The molecule has 1 aromatic carbocycles. The molecular formula is C14H17FN2O3S. The molecule has 0 radical (unpaired) electrons. The van der Waals surface area contributed by atoms with Crippen molar-refractivity contribution in [3.05, 3.63) is 29.6 Å². The highest BCUT2D eigenvalue weighted by Gasteiger charge is 2.32. The van der Waals surface area contributed by atoms with Crippen molar-refractivity contribution in [3.63, 3.8) is 0 Å². The van der Waals surface area contributed by atoms with Crippen LogP contribution in [0, 0.1) is 17.7 Å². The maximum Gasteiger partial charge on any atom is 0.246 e. The van der Waals surface area contributed by atoms with Gasteiger partial charge in [-0.3, -0.25) is 0 Å². The molecule has 2 N–H and O–H groups in total. The summed E-state index contributed by atoms with van der Waals surface area (Å²) in [5.41, 5.74) is 5.63. The van der Waals surface area contributed by atoms with E-state index in [0.717, 1.165) is 6.07 Å². The van der Waals surface area contributed by atoms with E-state index in [-0.39, 0.29) is 17.5 Å². The summed E-state index contributed by atoms with van der Waals surface area (Å²) in [5, 5.41) is 0. The predicted octanol–water partition coefficient (Wildman–Crippen LogP) is 0.545. The van der Waals surface area contributed by atoms with E-state index in [1.807, 2.05) is 0 Å². The number of sulfonamides is 1. The van der Waals surface area contributed by atoms with Crippen LogP contribution in [0.15, 0.2) is 23.1 Å². The first-order valence-electron chi connectivity index (χ1n) is 6.51. The van der Waals surface area contributed by atoms with E-state index in [2.05, 4.69) is 11.8 Å². The fourth-order valence-corrected chi connectivity index (χ4v) is 3.52. The van der Waals surface area contributed by atoms with Gasteiger partial charge in [-0.25, -0.2) is 12.8 Å². The zero-order chi connectivity index (χ0) is 15.5. The summed E-state index contributed by atoms with van der Waals surface area (Å²) >= 11 is 0. The minimum Gasteiger partial charge on any atom is -0.380 e. The number of nitrogens with zero attached hydrogens (tertiary/aromatic N) is 1. The summed E-state index contributed by atoms with van der Waals surface area (Å²) < 4.78 is 45.3. The van der Waals surface area contributed by atoms with Crippen molar-refractivity contribution in [1.29, 1.82) is 0 Å². The lowest BCUT2D eigenvalue weighted by molar-refractivity contribution is 0.180. The summed E-state index contributed by atoms with van der Waals surface area (Å²) in [5.74, 6) is 4.44. The summed E-state index contributed by atoms with van der Waals surface area (Å²) in [4.78, 5) is -0.352. The second kappa shape index (κ2) is 6.54. The largest absolute Gasteiger partial charge is 0.380 e. The Balaban J connectivity index is 2.31. The van der Waals surface area contributed by atoms with Gasteiger partial charge in [0.2, 0.25) is 10.0 Å². The molecule has 1 fully saturated rings. The zero-order valence-electron chi connectivity index (χ0n) is 11.7. The number of hydrogen-bond donors (Lipinski definition) is 1. The van der Waals surface area contributed by atoms with Crippen molar-refractivity contribution in [1.82, 2.24) is 4.31 Å². The van der Waals surface area contributed by atoms with Gasteiger partial charge in [0.25, 0.3) is 0 Å². The maximum absolute atomic E-state index is 14.1. The molecule has 1 aliphatic rings. The minimum atomic E-state index is -3.88. The van der Waals surface area contributed by atoms with Crippen LogP contribution in [0.1, 0.15) is 12.0 Å². The smallest absolute Gasteiger partial charge is 0.246 e. The normalized spacial score (nSPS) is 18.6. The number of hydrogen-bond acceptors (Lipinski definition) is 4. The molecule has 0 amide bonds. The standard InChI is InChI=1S/C14H17FN2O3S/c1-17(12-6-8-20-10-12)21(18,19)14-5-4-11(3-2-7-16)9-13(14)15/h4-5,9,12H,6-8,10,16H2,1H3. The third-order valence-electron chi connectivity index (χ3n) is 3.34. The summed E-state index contributed by atoms with van der Waals surface area (Å²) in [7, 11) is -2.44. The fraction of sp³-hybridized carbons (Fsp3) is 0.429. The third kappa shape index (κ3) is 3.41. The van der Waals surface area contributed by atoms with Crippen molar-refractivity contribution in [2.75, 3.05) is 26.8 Å². The Morgan fingerprint density at radius 2 is 2.29 bits per heavy atom. The number of likely N-dealkylation sites (N-methyl/N-ethyl adjacent to an activating group) is 1. The first-order valence-corrected chi connectivity index (χ1v) is 7.95. The van der Waals surface area contributed by atoms with E-state index in [4.69, 9.17) is 10.5 Å². The monoisotopic (exact) mass is 312 g/mol. The molecule has 2 rings (SSSR count). The van der Waals surface area contributed by atoms with Gasteiger partial charge >= 0.3 is 0 Å². The van der Waals surface area contributed by atoms with Crippen LogP contribution in [0.3, 0.4) is 0 Å². The number of ether oxygens (including phenoxy) is 1. The second-order valence-corrected chi connectivity index (χ2v) is 6.66. The Labute approximate surface area is 123 Å². The molecule has 0 spiro atoms. The molecule has 1 aliphatic heterocycles. The van der Waals surface area contributed by atoms with Crippen molar-refractivity contribution in [2.45, 2.75) is 17.4 Å². The van der Waals surface area contributed by atoms with E-state index in [1.165, 1.54) is 23.5 Å². The van der Waals surface area contributed by atoms with Crippen molar-refractivity contribution >= 4 is 10.0 Å². The van der Waals surface area contributed by atoms with E-state index in [1.54, 1.807) is 0 Å². The molecule has 0 aliphatic carbocycles. The van der Waals surface area contributed by atoms with E-state index >= 15 is 0 Å². The van der Waals surface area contributed by atoms with Crippen LogP contribution >= 0.6 is 0 Å². The van der Waals surface area contributed by atoms with Gasteiger partial charge in [-0.05, 0) is 24.6 Å². The molecule has 0 saturated carbocycles. The van der Waals surface area contributed by atoms with Gasteiger partial charge in [-0.15, -0.1) is 0 Å². The first-order chi connectivity index (χ1) is 9.96. The highest BCUT2D eigenvalue weighted by atomic mass is 32.2. The molecule has 7 heteroatoms. The van der Waals surface area contributed by atoms with Crippen molar-refractivity contribution in [2.24, 2.45) is 5.73 Å². The molecule has 1 aromatic rings. The first kappa shape index (κ1) is 15.9. The lowest BCUT2D eigenvalue weighted by Gasteiger charge is -2.22. The molecule has 21 heavy (non-hydrogen) atoms. The molecule has 114 valence electrons. The average Bonchev–Trinajstić information content (AvgIpc) is 2.98. The fourth-order valence-electron chi connectivity index (χ4n) is 2.10. The Kier molecular flexibility index (Phi) is 4.96. The van der Waals surface area contributed by atoms with Crippen LogP contribution in [-0.4, -0.2) is 45.6 Å². The quantitative estimate of drug-likeness (QED) is 0.827.